The maximum Gasteiger partial charge on any atom is 0.310 e. The summed E-state index contributed by atoms with van der Waals surface area (Å²) in [6.45, 7) is 3.76. The van der Waals surface area contributed by atoms with Crippen LogP contribution in [0, 0.1) is 13.8 Å². The summed E-state index contributed by atoms with van der Waals surface area (Å²) in [7, 11) is 0. The Balaban J connectivity index is 1.33. The minimum atomic E-state index is -0.498. The summed E-state index contributed by atoms with van der Waals surface area (Å²) in [5.74, 6) is 0.256. The normalized spacial score (nSPS) is 12.2. The summed E-state index contributed by atoms with van der Waals surface area (Å²) < 4.78 is 21.2. The lowest BCUT2D eigenvalue weighted by Crippen LogP contribution is -2.21. The predicted molar refractivity (Wildman–Crippen MR) is 102 cm³/mol. The van der Waals surface area contributed by atoms with Crippen LogP contribution in [0.2, 0.25) is 0 Å². The summed E-state index contributed by atoms with van der Waals surface area (Å²) in [4.78, 5) is 24.2. The number of esters is 1. The molecule has 1 N–H and O–H groups in total. The van der Waals surface area contributed by atoms with Crippen LogP contribution < -0.4 is 14.8 Å². The minimum absolute atomic E-state index is 0.0345. The predicted octanol–water partition coefficient (Wildman–Crippen LogP) is 3.50. The number of nitrogens with one attached hydrogen (secondary N) is 1. The summed E-state index contributed by atoms with van der Waals surface area (Å²) in [5.41, 5.74) is 4.20. The minimum Gasteiger partial charge on any atom is -0.464 e. The molecule has 28 heavy (non-hydrogen) atoms. The number of ether oxygens (including phenoxy) is 3. The molecule has 0 bridgehead atoms. The molecule has 0 saturated heterocycles. The van der Waals surface area contributed by atoms with Gasteiger partial charge in [-0.2, -0.15) is 0 Å². The van der Waals surface area contributed by atoms with Crippen molar-refractivity contribution in [3.05, 3.63) is 53.3 Å². The molecule has 0 atom stereocenters. The zero-order valence-corrected chi connectivity index (χ0v) is 15.5. The van der Waals surface area contributed by atoms with Crippen LogP contribution >= 0.6 is 0 Å². The largest absolute Gasteiger partial charge is 0.464 e. The lowest BCUT2D eigenvalue weighted by Gasteiger charge is -2.07. The van der Waals surface area contributed by atoms with E-state index in [4.69, 9.17) is 18.6 Å². The van der Waals surface area contributed by atoms with Gasteiger partial charge in [0.1, 0.15) is 5.58 Å². The zero-order valence-electron chi connectivity index (χ0n) is 15.5. The molecule has 2 aromatic carbocycles. The van der Waals surface area contributed by atoms with E-state index in [1.807, 2.05) is 26.0 Å². The van der Waals surface area contributed by atoms with Gasteiger partial charge in [0, 0.05) is 22.7 Å². The molecule has 0 saturated carbocycles. The van der Waals surface area contributed by atoms with Crippen molar-refractivity contribution >= 4 is 28.5 Å². The Kier molecular flexibility index (Phi) is 4.65. The Morgan fingerprint density at radius 3 is 2.79 bits per heavy atom. The van der Waals surface area contributed by atoms with Crippen molar-refractivity contribution in [2.75, 3.05) is 18.7 Å². The van der Waals surface area contributed by atoms with Gasteiger partial charge < -0.3 is 23.9 Å². The van der Waals surface area contributed by atoms with Gasteiger partial charge in [0.25, 0.3) is 5.91 Å². The van der Waals surface area contributed by atoms with Gasteiger partial charge in [-0.3, -0.25) is 9.59 Å². The van der Waals surface area contributed by atoms with Gasteiger partial charge in [-0.15, -0.1) is 0 Å². The van der Waals surface area contributed by atoms with E-state index >= 15 is 0 Å². The van der Waals surface area contributed by atoms with Gasteiger partial charge in [0.15, 0.2) is 18.1 Å². The fraction of sp³-hybridized carbons (Fsp3) is 0.238. The Morgan fingerprint density at radius 2 is 1.93 bits per heavy atom. The van der Waals surface area contributed by atoms with Crippen LogP contribution in [0.15, 0.2) is 41.0 Å². The second-order valence-electron chi connectivity index (χ2n) is 6.60. The molecule has 0 aliphatic carbocycles. The van der Waals surface area contributed by atoms with Crippen LogP contribution in [0.5, 0.6) is 11.5 Å². The zero-order chi connectivity index (χ0) is 19.7. The number of furan rings is 1. The molecular weight excluding hydrogens is 362 g/mol. The van der Waals surface area contributed by atoms with Crippen molar-refractivity contribution in [2.45, 2.75) is 20.3 Å². The number of amides is 1. The van der Waals surface area contributed by atoms with E-state index in [2.05, 4.69) is 5.32 Å². The summed E-state index contributed by atoms with van der Waals surface area (Å²) in [6.07, 6.45) is 1.60. The number of carbonyl (C=O) groups excluding carboxylic acids is 2. The van der Waals surface area contributed by atoms with E-state index in [1.165, 1.54) is 0 Å². The van der Waals surface area contributed by atoms with Crippen LogP contribution in [0.3, 0.4) is 0 Å². The number of hydrogen-bond donors (Lipinski definition) is 1. The highest BCUT2D eigenvalue weighted by Crippen LogP contribution is 2.34. The van der Waals surface area contributed by atoms with Crippen LogP contribution in [-0.4, -0.2) is 25.3 Å². The average Bonchev–Trinajstić information content (AvgIpc) is 3.30. The van der Waals surface area contributed by atoms with E-state index in [9.17, 15) is 9.59 Å². The molecule has 1 aliphatic heterocycles. The number of hydrogen-bond acceptors (Lipinski definition) is 6. The topological polar surface area (TPSA) is 87.0 Å². The third-order valence-electron chi connectivity index (χ3n) is 4.70. The van der Waals surface area contributed by atoms with Gasteiger partial charge >= 0.3 is 5.97 Å². The number of carbonyl (C=O) groups is 2. The molecule has 7 heteroatoms. The van der Waals surface area contributed by atoms with Crippen LogP contribution in [0.1, 0.15) is 16.7 Å². The first-order chi connectivity index (χ1) is 13.5. The molecule has 1 aliphatic rings. The van der Waals surface area contributed by atoms with Crippen molar-refractivity contribution in [2.24, 2.45) is 0 Å². The van der Waals surface area contributed by atoms with E-state index in [0.29, 0.717) is 17.2 Å². The molecule has 0 fully saturated rings. The maximum absolute atomic E-state index is 12.1. The van der Waals surface area contributed by atoms with Crippen LogP contribution in [0.25, 0.3) is 11.0 Å². The summed E-state index contributed by atoms with van der Waals surface area (Å²) in [6, 6.07) is 8.97. The summed E-state index contributed by atoms with van der Waals surface area (Å²) >= 11 is 0. The van der Waals surface area contributed by atoms with Crippen molar-refractivity contribution in [1.82, 2.24) is 0 Å². The third kappa shape index (κ3) is 3.51. The Morgan fingerprint density at radius 1 is 1.11 bits per heavy atom. The van der Waals surface area contributed by atoms with Crippen LogP contribution in [0.4, 0.5) is 5.69 Å². The van der Waals surface area contributed by atoms with Gasteiger partial charge in [0.2, 0.25) is 6.79 Å². The van der Waals surface area contributed by atoms with E-state index in [-0.39, 0.29) is 19.8 Å². The summed E-state index contributed by atoms with van der Waals surface area (Å²) in [5, 5.41) is 3.54. The number of aryl methyl sites for hydroxylation is 2. The molecule has 0 radical (unpaired) electrons. The molecule has 7 nitrogen and oxygen atoms in total. The fourth-order valence-electron chi connectivity index (χ4n) is 3.05. The monoisotopic (exact) mass is 381 g/mol. The van der Waals surface area contributed by atoms with Gasteiger partial charge in [-0.05, 0) is 37.1 Å². The molecule has 1 amide bonds. The first-order valence-corrected chi connectivity index (χ1v) is 8.82. The number of benzene rings is 2. The quantitative estimate of drug-likeness (QED) is 0.681. The van der Waals surface area contributed by atoms with Crippen molar-refractivity contribution < 1.29 is 28.2 Å². The lowest BCUT2D eigenvalue weighted by molar-refractivity contribution is -0.146. The smallest absolute Gasteiger partial charge is 0.310 e. The van der Waals surface area contributed by atoms with Gasteiger partial charge in [-0.25, -0.2) is 0 Å². The molecule has 3 aromatic rings. The number of fused-ring (bicyclic) bond motifs is 2. The average molecular weight is 381 g/mol. The number of anilines is 1. The van der Waals surface area contributed by atoms with E-state index < -0.39 is 11.9 Å². The fourth-order valence-corrected chi connectivity index (χ4v) is 3.05. The van der Waals surface area contributed by atoms with E-state index in [0.717, 1.165) is 27.7 Å². The molecule has 0 unspecified atom stereocenters. The molecule has 144 valence electrons. The Labute approximate surface area is 161 Å². The Hall–Kier alpha value is -3.48. The molecular formula is C21H19NO6. The first-order valence-electron chi connectivity index (χ1n) is 8.82. The molecule has 4 rings (SSSR count). The standard InChI is InChI=1S/C21H19NO6/c1-12-3-5-16-14(9-26-21(16)13(12)2)7-20(24)25-10-19(23)22-15-4-6-17-18(8-15)28-11-27-17/h3-6,8-9H,7,10-11H2,1-2H3,(H,22,23). The number of rotatable bonds is 5. The SMILES string of the molecule is Cc1ccc2c(CC(=O)OCC(=O)Nc3ccc4c(c3)OCO4)coc2c1C. The van der Waals surface area contributed by atoms with Gasteiger partial charge in [0.05, 0.1) is 12.7 Å². The second kappa shape index (κ2) is 7.26. The highest BCUT2D eigenvalue weighted by atomic mass is 16.7. The maximum atomic E-state index is 12.1. The van der Waals surface area contributed by atoms with Crippen molar-refractivity contribution in [3.63, 3.8) is 0 Å². The van der Waals surface area contributed by atoms with Crippen molar-refractivity contribution in [1.29, 1.82) is 0 Å². The highest BCUT2D eigenvalue weighted by Gasteiger charge is 2.16. The van der Waals surface area contributed by atoms with Gasteiger partial charge in [-0.1, -0.05) is 12.1 Å². The first kappa shape index (κ1) is 17.9. The van der Waals surface area contributed by atoms with Crippen LogP contribution in [-0.2, 0) is 20.7 Å². The highest BCUT2D eigenvalue weighted by molar-refractivity contribution is 5.94. The molecule has 1 aromatic heterocycles. The third-order valence-corrected chi connectivity index (χ3v) is 4.70. The lowest BCUT2D eigenvalue weighted by atomic mass is 10.0. The van der Waals surface area contributed by atoms with Crippen molar-refractivity contribution in [3.8, 4) is 11.5 Å². The van der Waals surface area contributed by atoms with E-state index in [1.54, 1.807) is 24.5 Å². The Bertz CT molecular complexity index is 1070. The molecule has 0 spiro atoms. The molecule has 2 heterocycles. The second-order valence-corrected chi connectivity index (χ2v) is 6.60.